The minimum Gasteiger partial charge on any atom is -0.490 e. The molecule has 0 saturated heterocycles. The number of rotatable bonds is 8. The van der Waals surface area contributed by atoms with Crippen LogP contribution in [0.3, 0.4) is 0 Å². The van der Waals surface area contributed by atoms with Crippen LogP contribution < -0.4 is 15.8 Å². The average molecular weight is 343 g/mol. The van der Waals surface area contributed by atoms with Gasteiger partial charge in [-0.15, -0.1) is 6.58 Å². The first-order chi connectivity index (χ1) is 12.0. The molecule has 5 nitrogen and oxygen atoms in total. The fraction of sp³-hybridized carbons (Fsp3) is 0.263. The lowest BCUT2D eigenvalue weighted by atomic mass is 10.2. The SMILES string of the molecule is C=CCCCCOc1cccc(NC(=O)c2ccc(C)nc2N)c1F. The van der Waals surface area contributed by atoms with Gasteiger partial charge < -0.3 is 15.8 Å². The number of carbonyl (C=O) groups excluding carboxylic acids is 1. The van der Waals surface area contributed by atoms with Crippen LogP contribution in [0.1, 0.15) is 35.3 Å². The van der Waals surface area contributed by atoms with Crippen molar-refractivity contribution < 1.29 is 13.9 Å². The largest absolute Gasteiger partial charge is 0.490 e. The van der Waals surface area contributed by atoms with Crippen LogP contribution in [0.15, 0.2) is 43.0 Å². The van der Waals surface area contributed by atoms with Crippen molar-refractivity contribution in [2.45, 2.75) is 26.2 Å². The molecule has 0 aliphatic carbocycles. The third kappa shape index (κ3) is 5.04. The van der Waals surface area contributed by atoms with E-state index in [1.807, 2.05) is 6.08 Å². The zero-order valence-electron chi connectivity index (χ0n) is 14.2. The Hall–Kier alpha value is -2.89. The topological polar surface area (TPSA) is 77.2 Å². The zero-order valence-corrected chi connectivity index (χ0v) is 14.2. The number of amides is 1. The number of anilines is 2. The highest BCUT2D eigenvalue weighted by molar-refractivity contribution is 6.07. The molecule has 1 aromatic heterocycles. The van der Waals surface area contributed by atoms with E-state index in [-0.39, 0.29) is 22.8 Å². The smallest absolute Gasteiger partial charge is 0.259 e. The number of halogens is 1. The van der Waals surface area contributed by atoms with Crippen molar-refractivity contribution in [1.29, 1.82) is 0 Å². The van der Waals surface area contributed by atoms with Crippen LogP contribution >= 0.6 is 0 Å². The number of benzene rings is 1. The highest BCUT2D eigenvalue weighted by Gasteiger charge is 2.15. The van der Waals surface area contributed by atoms with Crippen LogP contribution in [0.25, 0.3) is 0 Å². The molecule has 0 aliphatic rings. The molecule has 6 heteroatoms. The highest BCUT2D eigenvalue weighted by Crippen LogP contribution is 2.25. The molecule has 0 saturated carbocycles. The van der Waals surface area contributed by atoms with Crippen molar-refractivity contribution in [3.05, 3.63) is 60.1 Å². The maximum Gasteiger partial charge on any atom is 0.259 e. The van der Waals surface area contributed by atoms with E-state index >= 15 is 0 Å². The van der Waals surface area contributed by atoms with Gasteiger partial charge in [-0.1, -0.05) is 12.1 Å². The Morgan fingerprint density at radius 3 is 2.88 bits per heavy atom. The van der Waals surface area contributed by atoms with Crippen LogP contribution in [-0.2, 0) is 0 Å². The fourth-order valence-electron chi connectivity index (χ4n) is 2.25. The monoisotopic (exact) mass is 343 g/mol. The molecule has 0 fully saturated rings. The van der Waals surface area contributed by atoms with Gasteiger partial charge in [-0.25, -0.2) is 9.37 Å². The zero-order chi connectivity index (χ0) is 18.2. The number of pyridine rings is 1. The molecule has 0 spiro atoms. The number of carbonyl (C=O) groups is 1. The van der Waals surface area contributed by atoms with Crippen molar-refractivity contribution in [2.24, 2.45) is 0 Å². The van der Waals surface area contributed by atoms with Crippen molar-refractivity contribution in [1.82, 2.24) is 4.98 Å². The lowest BCUT2D eigenvalue weighted by Gasteiger charge is -2.12. The molecule has 0 unspecified atom stereocenters. The van der Waals surface area contributed by atoms with Crippen molar-refractivity contribution in [2.75, 3.05) is 17.7 Å². The van der Waals surface area contributed by atoms with Gasteiger partial charge >= 0.3 is 0 Å². The summed E-state index contributed by atoms with van der Waals surface area (Å²) in [5, 5.41) is 2.51. The van der Waals surface area contributed by atoms with Gasteiger partial charge in [-0.2, -0.15) is 0 Å². The van der Waals surface area contributed by atoms with Gasteiger partial charge in [-0.05, 0) is 50.5 Å². The first-order valence-corrected chi connectivity index (χ1v) is 8.09. The van der Waals surface area contributed by atoms with Gasteiger partial charge in [0.1, 0.15) is 5.82 Å². The molecule has 132 valence electrons. The molecule has 1 amide bonds. The maximum atomic E-state index is 14.5. The summed E-state index contributed by atoms with van der Waals surface area (Å²) in [6, 6.07) is 7.85. The molecule has 1 aromatic carbocycles. The van der Waals surface area contributed by atoms with E-state index in [1.165, 1.54) is 12.1 Å². The number of nitrogens with two attached hydrogens (primary N) is 1. The van der Waals surface area contributed by atoms with Crippen LogP contribution in [0.5, 0.6) is 5.75 Å². The van der Waals surface area contributed by atoms with Crippen molar-refractivity contribution in [3.8, 4) is 5.75 Å². The Bertz CT molecular complexity index is 762. The molecule has 0 bridgehead atoms. The quantitative estimate of drug-likeness (QED) is 0.559. The molecular formula is C19H22FN3O2. The van der Waals surface area contributed by atoms with Gasteiger partial charge in [0.25, 0.3) is 5.91 Å². The lowest BCUT2D eigenvalue weighted by Crippen LogP contribution is -2.16. The Morgan fingerprint density at radius 1 is 1.36 bits per heavy atom. The van der Waals surface area contributed by atoms with Gasteiger partial charge in [0.05, 0.1) is 17.9 Å². The van der Waals surface area contributed by atoms with Gasteiger partial charge in [-0.3, -0.25) is 4.79 Å². The number of allylic oxidation sites excluding steroid dienone is 1. The van der Waals surface area contributed by atoms with Crippen LogP contribution in [0, 0.1) is 12.7 Å². The van der Waals surface area contributed by atoms with Crippen LogP contribution in [0.4, 0.5) is 15.9 Å². The summed E-state index contributed by atoms with van der Waals surface area (Å²) in [5.74, 6) is -0.927. The second-order valence-corrected chi connectivity index (χ2v) is 5.59. The Kier molecular flexibility index (Phi) is 6.51. The van der Waals surface area contributed by atoms with E-state index in [0.29, 0.717) is 12.3 Å². The third-order valence-electron chi connectivity index (χ3n) is 3.58. The average Bonchev–Trinajstić information content (AvgIpc) is 2.57. The summed E-state index contributed by atoms with van der Waals surface area (Å²) in [7, 11) is 0. The summed E-state index contributed by atoms with van der Waals surface area (Å²) >= 11 is 0. The summed E-state index contributed by atoms with van der Waals surface area (Å²) in [4.78, 5) is 16.3. The maximum absolute atomic E-state index is 14.5. The fourth-order valence-corrected chi connectivity index (χ4v) is 2.25. The molecule has 0 radical (unpaired) electrons. The number of aryl methyl sites for hydroxylation is 1. The lowest BCUT2D eigenvalue weighted by molar-refractivity contribution is 0.102. The first kappa shape index (κ1) is 18.4. The second-order valence-electron chi connectivity index (χ2n) is 5.59. The van der Waals surface area contributed by atoms with E-state index in [1.54, 1.807) is 25.1 Å². The van der Waals surface area contributed by atoms with E-state index in [2.05, 4.69) is 16.9 Å². The van der Waals surface area contributed by atoms with E-state index in [9.17, 15) is 9.18 Å². The summed E-state index contributed by atoms with van der Waals surface area (Å²) in [6.45, 7) is 5.82. The predicted octanol–water partition coefficient (Wildman–Crippen LogP) is 4.10. The number of nitrogens with one attached hydrogen (secondary N) is 1. The van der Waals surface area contributed by atoms with Gasteiger partial charge in [0.15, 0.2) is 11.6 Å². The normalized spacial score (nSPS) is 10.3. The predicted molar refractivity (Wildman–Crippen MR) is 97.3 cm³/mol. The molecule has 2 aromatic rings. The minimum absolute atomic E-state index is 0.0357. The summed E-state index contributed by atoms with van der Waals surface area (Å²) < 4.78 is 19.9. The molecule has 0 atom stereocenters. The number of ether oxygens (including phenoxy) is 1. The highest BCUT2D eigenvalue weighted by atomic mass is 19.1. The number of unbranched alkanes of at least 4 members (excludes halogenated alkanes) is 2. The van der Waals surface area contributed by atoms with E-state index in [4.69, 9.17) is 10.5 Å². The molecule has 1 heterocycles. The van der Waals surface area contributed by atoms with Gasteiger partial charge in [0.2, 0.25) is 0 Å². The number of nitrogens with zero attached hydrogens (tertiary/aromatic N) is 1. The standard InChI is InChI=1S/C19H22FN3O2/c1-3-4-5-6-12-25-16-9-7-8-15(17(16)20)23-19(24)14-11-10-13(2)22-18(14)21/h3,7-11H,1,4-6,12H2,2H3,(H2,21,22)(H,23,24). The molecular weight excluding hydrogens is 321 g/mol. The van der Waals surface area contributed by atoms with E-state index < -0.39 is 11.7 Å². The molecule has 0 aliphatic heterocycles. The minimum atomic E-state index is -0.613. The third-order valence-corrected chi connectivity index (χ3v) is 3.58. The Balaban J connectivity index is 2.05. The second kappa shape index (κ2) is 8.82. The van der Waals surface area contributed by atoms with Gasteiger partial charge in [0, 0.05) is 5.69 Å². The van der Waals surface area contributed by atoms with Crippen molar-refractivity contribution >= 4 is 17.4 Å². The Labute approximate surface area is 146 Å². The number of hydrogen-bond acceptors (Lipinski definition) is 4. The first-order valence-electron chi connectivity index (χ1n) is 8.09. The number of hydrogen-bond donors (Lipinski definition) is 2. The van der Waals surface area contributed by atoms with E-state index in [0.717, 1.165) is 19.3 Å². The molecule has 2 rings (SSSR count). The number of aromatic nitrogens is 1. The molecule has 25 heavy (non-hydrogen) atoms. The summed E-state index contributed by atoms with van der Waals surface area (Å²) in [5.41, 5.74) is 6.68. The molecule has 3 N–H and O–H groups in total. The number of nitrogen functional groups attached to an aromatic ring is 1. The van der Waals surface area contributed by atoms with Crippen LogP contribution in [-0.4, -0.2) is 17.5 Å². The van der Waals surface area contributed by atoms with Crippen molar-refractivity contribution in [3.63, 3.8) is 0 Å². The summed E-state index contributed by atoms with van der Waals surface area (Å²) in [6.07, 6.45) is 4.46. The Morgan fingerprint density at radius 2 is 2.16 bits per heavy atom. The van der Waals surface area contributed by atoms with Crippen LogP contribution in [0.2, 0.25) is 0 Å².